The number of aliphatic hydroxyl groups excluding tert-OH is 1. The lowest BCUT2D eigenvalue weighted by atomic mass is 9.94. The quantitative estimate of drug-likeness (QED) is 0.826. The maximum absolute atomic E-state index is 10.6. The van der Waals surface area contributed by atoms with E-state index in [0.717, 1.165) is 30.0 Å². The molecule has 18 heavy (non-hydrogen) atoms. The second-order valence-electron chi connectivity index (χ2n) is 5.41. The third-order valence-corrected chi connectivity index (χ3v) is 4.18. The van der Waals surface area contributed by atoms with Crippen LogP contribution in [0.15, 0.2) is 18.2 Å². The van der Waals surface area contributed by atoms with Crippen LogP contribution < -0.4 is 4.74 Å². The zero-order valence-corrected chi connectivity index (χ0v) is 10.9. The smallest absolute Gasteiger partial charge is 0.128 e. The van der Waals surface area contributed by atoms with E-state index in [-0.39, 0.29) is 6.04 Å². The summed E-state index contributed by atoms with van der Waals surface area (Å²) in [6.07, 6.45) is 3.38. The fourth-order valence-corrected chi connectivity index (χ4v) is 3.13. The van der Waals surface area contributed by atoms with Crippen LogP contribution in [-0.2, 0) is 0 Å². The SMILES string of the molecule is Cc1cccc2c1OCC(N1CCCCC1)C2O. The average molecular weight is 247 g/mol. The summed E-state index contributed by atoms with van der Waals surface area (Å²) in [5.41, 5.74) is 2.07. The van der Waals surface area contributed by atoms with Crippen LogP contribution in [0.5, 0.6) is 5.75 Å². The lowest BCUT2D eigenvalue weighted by Crippen LogP contribution is -2.48. The molecule has 0 radical (unpaired) electrons. The second-order valence-corrected chi connectivity index (χ2v) is 5.41. The zero-order valence-electron chi connectivity index (χ0n) is 10.9. The molecule has 2 unspecified atom stereocenters. The highest BCUT2D eigenvalue weighted by Crippen LogP contribution is 2.37. The van der Waals surface area contributed by atoms with Gasteiger partial charge in [-0.1, -0.05) is 24.6 Å². The second kappa shape index (κ2) is 4.90. The van der Waals surface area contributed by atoms with Crippen LogP contribution in [0.25, 0.3) is 0 Å². The van der Waals surface area contributed by atoms with Crippen molar-refractivity contribution in [3.63, 3.8) is 0 Å². The molecule has 2 aliphatic heterocycles. The number of piperidine rings is 1. The average Bonchev–Trinajstić information content (AvgIpc) is 2.41. The molecule has 3 nitrogen and oxygen atoms in total. The molecular formula is C15H21NO2. The molecule has 1 aromatic rings. The summed E-state index contributed by atoms with van der Waals surface area (Å²) in [5, 5.41) is 10.6. The van der Waals surface area contributed by atoms with Crippen molar-refractivity contribution in [2.75, 3.05) is 19.7 Å². The lowest BCUT2D eigenvalue weighted by Gasteiger charge is -2.40. The van der Waals surface area contributed by atoms with E-state index in [4.69, 9.17) is 4.74 Å². The molecule has 0 amide bonds. The molecule has 0 aromatic heterocycles. The van der Waals surface area contributed by atoms with Gasteiger partial charge in [0.25, 0.3) is 0 Å². The van der Waals surface area contributed by atoms with E-state index in [1.54, 1.807) is 0 Å². The molecule has 3 heteroatoms. The Morgan fingerprint density at radius 2 is 2.00 bits per heavy atom. The van der Waals surface area contributed by atoms with Gasteiger partial charge in [0.05, 0.1) is 6.04 Å². The largest absolute Gasteiger partial charge is 0.491 e. The number of fused-ring (bicyclic) bond motifs is 1. The minimum Gasteiger partial charge on any atom is -0.491 e. The van der Waals surface area contributed by atoms with Crippen molar-refractivity contribution in [1.82, 2.24) is 4.90 Å². The number of para-hydroxylation sites is 1. The summed E-state index contributed by atoms with van der Waals surface area (Å²) in [6.45, 7) is 4.82. The van der Waals surface area contributed by atoms with Gasteiger partial charge >= 0.3 is 0 Å². The molecule has 0 aliphatic carbocycles. The number of nitrogens with zero attached hydrogens (tertiary/aromatic N) is 1. The van der Waals surface area contributed by atoms with Crippen LogP contribution in [0.2, 0.25) is 0 Å². The van der Waals surface area contributed by atoms with Gasteiger partial charge in [-0.3, -0.25) is 4.90 Å². The zero-order chi connectivity index (χ0) is 12.5. The monoisotopic (exact) mass is 247 g/mol. The lowest BCUT2D eigenvalue weighted by molar-refractivity contribution is -0.00461. The van der Waals surface area contributed by atoms with Crippen molar-refractivity contribution >= 4 is 0 Å². The first kappa shape index (κ1) is 12.0. The summed E-state index contributed by atoms with van der Waals surface area (Å²) < 4.78 is 5.89. The molecule has 2 atom stereocenters. The molecule has 1 aromatic carbocycles. The molecule has 1 fully saturated rings. The first-order chi connectivity index (χ1) is 8.77. The van der Waals surface area contributed by atoms with Crippen molar-refractivity contribution in [3.8, 4) is 5.75 Å². The standard InChI is InChI=1S/C15H21NO2/c1-11-6-5-7-12-14(17)13(10-18-15(11)12)16-8-3-2-4-9-16/h5-7,13-14,17H,2-4,8-10H2,1H3. The Balaban J connectivity index is 1.84. The molecule has 3 rings (SSSR count). The van der Waals surface area contributed by atoms with Gasteiger partial charge < -0.3 is 9.84 Å². The molecule has 2 aliphatic rings. The molecule has 1 N–H and O–H groups in total. The van der Waals surface area contributed by atoms with Crippen molar-refractivity contribution in [3.05, 3.63) is 29.3 Å². The van der Waals surface area contributed by atoms with E-state index in [1.807, 2.05) is 25.1 Å². The molecule has 1 saturated heterocycles. The predicted octanol–water partition coefficient (Wildman–Crippen LogP) is 2.28. The number of likely N-dealkylation sites (tertiary alicyclic amines) is 1. The number of aryl methyl sites for hydroxylation is 1. The third-order valence-electron chi connectivity index (χ3n) is 4.18. The molecular weight excluding hydrogens is 226 g/mol. The van der Waals surface area contributed by atoms with Crippen LogP contribution in [-0.4, -0.2) is 35.7 Å². The van der Waals surface area contributed by atoms with E-state index < -0.39 is 6.10 Å². The van der Waals surface area contributed by atoms with Crippen LogP contribution in [0, 0.1) is 6.92 Å². The van der Waals surface area contributed by atoms with Crippen LogP contribution in [0.1, 0.15) is 36.5 Å². The van der Waals surface area contributed by atoms with Crippen LogP contribution in [0.4, 0.5) is 0 Å². The van der Waals surface area contributed by atoms with Crippen LogP contribution in [0.3, 0.4) is 0 Å². The number of aliphatic hydroxyl groups is 1. The van der Waals surface area contributed by atoms with Gasteiger partial charge in [-0.2, -0.15) is 0 Å². The number of hydrogen-bond donors (Lipinski definition) is 1. The van der Waals surface area contributed by atoms with Crippen molar-refractivity contribution in [1.29, 1.82) is 0 Å². The Labute approximate surface area is 108 Å². The van der Waals surface area contributed by atoms with Crippen molar-refractivity contribution < 1.29 is 9.84 Å². The normalized spacial score (nSPS) is 28.6. The van der Waals surface area contributed by atoms with Gasteiger partial charge in [-0.25, -0.2) is 0 Å². The number of rotatable bonds is 1. The summed E-state index contributed by atoms with van der Waals surface area (Å²) in [5.74, 6) is 0.887. The number of benzene rings is 1. The molecule has 98 valence electrons. The Bertz CT molecular complexity index is 427. The van der Waals surface area contributed by atoms with Crippen molar-refractivity contribution in [2.24, 2.45) is 0 Å². The van der Waals surface area contributed by atoms with Crippen LogP contribution >= 0.6 is 0 Å². The summed E-state index contributed by atoms with van der Waals surface area (Å²) in [7, 11) is 0. The van der Waals surface area contributed by atoms with E-state index in [2.05, 4.69) is 4.90 Å². The van der Waals surface area contributed by atoms with E-state index in [0.29, 0.717) is 6.61 Å². The maximum atomic E-state index is 10.6. The molecule has 0 spiro atoms. The van der Waals surface area contributed by atoms with Gasteiger partial charge in [-0.05, 0) is 38.4 Å². The Kier molecular flexibility index (Phi) is 3.27. The summed E-state index contributed by atoms with van der Waals surface area (Å²) in [4.78, 5) is 2.39. The van der Waals surface area contributed by atoms with Gasteiger partial charge in [-0.15, -0.1) is 0 Å². The third kappa shape index (κ3) is 2.02. The van der Waals surface area contributed by atoms with Gasteiger partial charge in [0.2, 0.25) is 0 Å². The predicted molar refractivity (Wildman–Crippen MR) is 70.8 cm³/mol. The van der Waals surface area contributed by atoms with Crippen molar-refractivity contribution in [2.45, 2.75) is 38.3 Å². The Morgan fingerprint density at radius 1 is 1.22 bits per heavy atom. The summed E-state index contributed by atoms with van der Waals surface area (Å²) in [6, 6.07) is 6.15. The highest BCUT2D eigenvalue weighted by Gasteiger charge is 2.34. The minimum absolute atomic E-state index is 0.125. The Morgan fingerprint density at radius 3 is 2.78 bits per heavy atom. The van der Waals surface area contributed by atoms with E-state index in [1.165, 1.54) is 19.3 Å². The van der Waals surface area contributed by atoms with Gasteiger partial charge in [0, 0.05) is 5.56 Å². The fraction of sp³-hybridized carbons (Fsp3) is 0.600. The van der Waals surface area contributed by atoms with E-state index >= 15 is 0 Å². The minimum atomic E-state index is -0.410. The topological polar surface area (TPSA) is 32.7 Å². The molecule has 2 heterocycles. The molecule has 0 bridgehead atoms. The highest BCUT2D eigenvalue weighted by atomic mass is 16.5. The number of ether oxygens (including phenoxy) is 1. The Hall–Kier alpha value is -1.06. The first-order valence-corrected chi connectivity index (χ1v) is 6.92. The van der Waals surface area contributed by atoms with Gasteiger partial charge in [0.15, 0.2) is 0 Å². The maximum Gasteiger partial charge on any atom is 0.128 e. The fourth-order valence-electron chi connectivity index (χ4n) is 3.13. The summed E-state index contributed by atoms with van der Waals surface area (Å²) >= 11 is 0. The highest BCUT2D eigenvalue weighted by molar-refractivity contribution is 5.44. The first-order valence-electron chi connectivity index (χ1n) is 6.92. The van der Waals surface area contributed by atoms with Gasteiger partial charge in [0.1, 0.15) is 18.5 Å². The number of hydrogen-bond acceptors (Lipinski definition) is 3. The molecule has 0 saturated carbocycles. The van der Waals surface area contributed by atoms with E-state index in [9.17, 15) is 5.11 Å².